The average Bonchev–Trinajstić information content (AvgIpc) is 2.17. The van der Waals surface area contributed by atoms with Crippen molar-refractivity contribution in [3.05, 3.63) is 39.9 Å². The standard InChI is InChI=1S/C9H6ClNO4/c10-9(13)5-8(12)6-1-3-7(4-2-6)11(14)15/h1-4H,5H2. The predicted octanol–water partition coefficient (Wildman–Crippen LogP) is 1.93. The highest BCUT2D eigenvalue weighted by molar-refractivity contribution is 6.65. The van der Waals surface area contributed by atoms with E-state index in [1.165, 1.54) is 24.3 Å². The Morgan fingerprint density at radius 3 is 2.20 bits per heavy atom. The smallest absolute Gasteiger partial charge is 0.269 e. The van der Waals surface area contributed by atoms with E-state index in [2.05, 4.69) is 0 Å². The summed E-state index contributed by atoms with van der Waals surface area (Å²) >= 11 is 5.04. The molecule has 1 aromatic rings. The normalized spacial score (nSPS) is 9.67. The van der Waals surface area contributed by atoms with Gasteiger partial charge in [0.05, 0.1) is 11.3 Å². The van der Waals surface area contributed by atoms with E-state index < -0.39 is 22.4 Å². The molecule has 0 amide bonds. The number of benzene rings is 1. The van der Waals surface area contributed by atoms with E-state index in [1.807, 2.05) is 0 Å². The van der Waals surface area contributed by atoms with Crippen LogP contribution in [-0.2, 0) is 4.79 Å². The van der Waals surface area contributed by atoms with E-state index in [9.17, 15) is 19.7 Å². The first-order chi connectivity index (χ1) is 7.00. The Bertz CT molecular complexity index is 413. The molecule has 6 heteroatoms. The zero-order valence-corrected chi connectivity index (χ0v) is 8.23. The molecule has 0 fully saturated rings. The van der Waals surface area contributed by atoms with Crippen molar-refractivity contribution < 1.29 is 14.5 Å². The van der Waals surface area contributed by atoms with Crippen LogP contribution in [0.5, 0.6) is 0 Å². The molecule has 0 radical (unpaired) electrons. The first kappa shape index (κ1) is 11.3. The van der Waals surface area contributed by atoms with Crippen molar-refractivity contribution in [1.82, 2.24) is 0 Å². The molecule has 0 spiro atoms. The number of carbonyl (C=O) groups is 2. The number of hydrogen-bond acceptors (Lipinski definition) is 4. The summed E-state index contributed by atoms with van der Waals surface area (Å²) in [7, 11) is 0. The van der Waals surface area contributed by atoms with Crippen molar-refractivity contribution in [2.45, 2.75) is 6.42 Å². The van der Waals surface area contributed by atoms with E-state index in [4.69, 9.17) is 11.6 Å². The first-order valence-corrected chi connectivity index (χ1v) is 4.34. The molecule has 0 aliphatic heterocycles. The lowest BCUT2D eigenvalue weighted by Crippen LogP contribution is -2.03. The van der Waals surface area contributed by atoms with Crippen LogP contribution in [0.3, 0.4) is 0 Å². The second-order valence-electron chi connectivity index (χ2n) is 2.76. The maximum atomic E-state index is 11.3. The van der Waals surface area contributed by atoms with Crippen molar-refractivity contribution in [2.24, 2.45) is 0 Å². The molecular formula is C9H6ClNO4. The summed E-state index contributed by atoms with van der Waals surface area (Å²) in [6.45, 7) is 0. The van der Waals surface area contributed by atoms with Gasteiger partial charge in [-0.25, -0.2) is 0 Å². The van der Waals surface area contributed by atoms with Crippen molar-refractivity contribution in [2.75, 3.05) is 0 Å². The molecule has 5 nitrogen and oxygen atoms in total. The molecule has 15 heavy (non-hydrogen) atoms. The van der Waals surface area contributed by atoms with Gasteiger partial charge in [-0.15, -0.1) is 0 Å². The Balaban J connectivity index is 2.84. The molecule has 0 aliphatic carbocycles. The fourth-order valence-corrected chi connectivity index (χ4v) is 1.12. The number of nitro benzene ring substituents is 1. The Labute approximate surface area is 89.8 Å². The fourth-order valence-electron chi connectivity index (χ4n) is 0.997. The molecule has 1 aromatic carbocycles. The van der Waals surface area contributed by atoms with Gasteiger partial charge in [0.1, 0.15) is 0 Å². The SMILES string of the molecule is O=C(Cl)CC(=O)c1ccc([N+](=O)[O-])cc1. The number of hydrogen-bond donors (Lipinski definition) is 0. The molecule has 0 saturated heterocycles. The van der Waals surface area contributed by atoms with Gasteiger partial charge in [-0.2, -0.15) is 0 Å². The number of halogens is 1. The van der Waals surface area contributed by atoms with E-state index >= 15 is 0 Å². The molecule has 0 aromatic heterocycles. The third-order valence-corrected chi connectivity index (χ3v) is 1.83. The lowest BCUT2D eigenvalue weighted by molar-refractivity contribution is -0.384. The Hall–Kier alpha value is -1.75. The first-order valence-electron chi connectivity index (χ1n) is 3.96. The van der Waals surface area contributed by atoms with Crippen molar-refractivity contribution in [3.63, 3.8) is 0 Å². The number of ketones is 1. The lowest BCUT2D eigenvalue weighted by atomic mass is 10.1. The van der Waals surface area contributed by atoms with Crippen molar-refractivity contribution in [1.29, 1.82) is 0 Å². The maximum Gasteiger partial charge on any atom is 0.269 e. The molecule has 0 N–H and O–H groups in total. The minimum Gasteiger partial charge on any atom is -0.294 e. The highest BCUT2D eigenvalue weighted by Crippen LogP contribution is 2.13. The fraction of sp³-hybridized carbons (Fsp3) is 0.111. The van der Waals surface area contributed by atoms with Gasteiger partial charge in [-0.1, -0.05) is 0 Å². The van der Waals surface area contributed by atoms with E-state index in [1.54, 1.807) is 0 Å². The second kappa shape index (κ2) is 4.65. The topological polar surface area (TPSA) is 77.3 Å². The van der Waals surface area contributed by atoms with Gasteiger partial charge in [-0.05, 0) is 23.7 Å². The van der Waals surface area contributed by atoms with Crippen molar-refractivity contribution in [3.8, 4) is 0 Å². The van der Waals surface area contributed by atoms with Gasteiger partial charge in [0.2, 0.25) is 5.24 Å². The molecule has 0 bridgehead atoms. The number of carbonyl (C=O) groups excluding carboxylic acids is 2. The Morgan fingerprint density at radius 1 is 1.27 bits per heavy atom. The summed E-state index contributed by atoms with van der Waals surface area (Å²) in [5, 5.41) is 9.55. The second-order valence-corrected chi connectivity index (χ2v) is 3.18. The quantitative estimate of drug-likeness (QED) is 0.259. The predicted molar refractivity (Wildman–Crippen MR) is 52.9 cm³/mol. The average molecular weight is 228 g/mol. The Morgan fingerprint density at radius 2 is 1.80 bits per heavy atom. The molecular weight excluding hydrogens is 222 g/mol. The molecule has 0 atom stereocenters. The maximum absolute atomic E-state index is 11.3. The molecule has 0 saturated carbocycles. The summed E-state index contributed by atoms with van der Waals surface area (Å²) < 4.78 is 0. The van der Waals surface area contributed by atoms with E-state index in [0.717, 1.165) is 0 Å². The number of Topliss-reactive ketones (excluding diaryl/α,β-unsaturated/α-hetero) is 1. The zero-order valence-electron chi connectivity index (χ0n) is 7.47. The molecule has 1 rings (SSSR count). The van der Waals surface area contributed by atoms with Crippen LogP contribution < -0.4 is 0 Å². The summed E-state index contributed by atoms with van der Waals surface area (Å²) in [5.74, 6) is -0.454. The summed E-state index contributed by atoms with van der Waals surface area (Å²) in [6.07, 6.45) is -0.403. The van der Waals surface area contributed by atoms with Crippen LogP contribution in [0.4, 0.5) is 5.69 Å². The van der Waals surface area contributed by atoms with Crippen molar-refractivity contribution >= 4 is 28.3 Å². The number of nitro groups is 1. The molecule has 0 unspecified atom stereocenters. The van der Waals surface area contributed by atoms with Gasteiger partial charge < -0.3 is 0 Å². The molecule has 0 aliphatic rings. The number of non-ortho nitro benzene ring substituents is 1. The monoisotopic (exact) mass is 227 g/mol. The highest BCUT2D eigenvalue weighted by atomic mass is 35.5. The summed E-state index contributed by atoms with van der Waals surface area (Å²) in [4.78, 5) is 31.4. The highest BCUT2D eigenvalue weighted by Gasteiger charge is 2.11. The van der Waals surface area contributed by atoms with Crippen LogP contribution in [0.25, 0.3) is 0 Å². The molecule has 0 heterocycles. The number of rotatable bonds is 4. The van der Waals surface area contributed by atoms with E-state index in [0.29, 0.717) is 0 Å². The van der Waals surface area contributed by atoms with Crippen LogP contribution in [0, 0.1) is 10.1 Å². The number of nitrogens with zero attached hydrogens (tertiary/aromatic N) is 1. The van der Waals surface area contributed by atoms with E-state index in [-0.39, 0.29) is 11.3 Å². The van der Waals surface area contributed by atoms with Crippen LogP contribution in [0.1, 0.15) is 16.8 Å². The van der Waals surface area contributed by atoms with Crippen LogP contribution >= 0.6 is 11.6 Å². The summed E-state index contributed by atoms with van der Waals surface area (Å²) in [5.41, 5.74) is 0.123. The summed E-state index contributed by atoms with van der Waals surface area (Å²) in [6, 6.07) is 4.98. The van der Waals surface area contributed by atoms with Gasteiger partial charge in [0.15, 0.2) is 5.78 Å². The van der Waals surface area contributed by atoms with Gasteiger partial charge >= 0.3 is 0 Å². The Kier molecular flexibility index (Phi) is 3.51. The van der Waals surface area contributed by atoms with Crippen LogP contribution in [0.2, 0.25) is 0 Å². The molecule has 78 valence electrons. The lowest BCUT2D eigenvalue weighted by Gasteiger charge is -1.96. The minimum atomic E-state index is -0.752. The van der Waals surface area contributed by atoms with Crippen LogP contribution in [0.15, 0.2) is 24.3 Å². The third kappa shape index (κ3) is 3.14. The van der Waals surface area contributed by atoms with Gasteiger partial charge in [0.25, 0.3) is 5.69 Å². The third-order valence-electron chi connectivity index (χ3n) is 1.70. The van der Waals surface area contributed by atoms with Gasteiger partial charge in [-0.3, -0.25) is 19.7 Å². The zero-order chi connectivity index (χ0) is 11.4. The largest absolute Gasteiger partial charge is 0.294 e. The van der Waals surface area contributed by atoms with Crippen LogP contribution in [-0.4, -0.2) is 15.9 Å². The minimum absolute atomic E-state index is 0.108. The van der Waals surface area contributed by atoms with Gasteiger partial charge in [0, 0.05) is 17.7 Å².